The Morgan fingerprint density at radius 2 is 1.81 bits per heavy atom. The first-order valence-electron chi connectivity index (χ1n) is 9.07. The van der Waals surface area contributed by atoms with Gasteiger partial charge in [-0.05, 0) is 42.7 Å². The Bertz CT molecular complexity index is 868. The van der Waals surface area contributed by atoms with E-state index in [4.69, 9.17) is 5.73 Å². The number of primary amides is 1. The molecule has 7 heteroatoms. The van der Waals surface area contributed by atoms with Crippen LogP contribution in [0.1, 0.15) is 30.9 Å². The molecule has 2 aliphatic rings. The van der Waals surface area contributed by atoms with Crippen molar-refractivity contribution in [3.8, 4) is 0 Å². The fraction of sp³-hybridized carbons (Fsp3) is 0.300. The topological polar surface area (TPSA) is 91.9 Å². The average Bonchev–Trinajstić information content (AvgIpc) is 3.36. The summed E-state index contributed by atoms with van der Waals surface area (Å²) in [5.74, 6) is -0.614. The lowest BCUT2D eigenvalue weighted by Crippen LogP contribution is -2.40. The highest BCUT2D eigenvalue weighted by molar-refractivity contribution is 6.40. The van der Waals surface area contributed by atoms with Crippen LogP contribution in [0.4, 0.5) is 5.69 Å². The van der Waals surface area contributed by atoms with Crippen molar-refractivity contribution >= 4 is 23.2 Å². The fourth-order valence-corrected chi connectivity index (χ4v) is 3.79. The van der Waals surface area contributed by atoms with E-state index in [2.05, 4.69) is 10.1 Å². The quantitative estimate of drug-likeness (QED) is 0.897. The number of rotatable bonds is 4. The number of anilines is 1. The molecule has 3 heterocycles. The Hall–Kier alpha value is -3.22. The molecule has 0 radical (unpaired) electrons. The van der Waals surface area contributed by atoms with Gasteiger partial charge >= 0.3 is 0 Å². The first-order valence-corrected chi connectivity index (χ1v) is 9.07. The molecule has 2 amide bonds. The number of hydrogen-bond acceptors (Lipinski definition) is 5. The van der Waals surface area contributed by atoms with Crippen molar-refractivity contribution in [1.82, 2.24) is 9.88 Å². The number of hydrazone groups is 1. The second-order valence-electron chi connectivity index (χ2n) is 6.79. The van der Waals surface area contributed by atoms with Crippen LogP contribution in [0.5, 0.6) is 0 Å². The number of amides is 2. The summed E-state index contributed by atoms with van der Waals surface area (Å²) in [6.45, 7) is 0.678. The van der Waals surface area contributed by atoms with Gasteiger partial charge in [-0.1, -0.05) is 18.2 Å². The first-order chi connectivity index (χ1) is 13.1. The number of aromatic nitrogens is 1. The van der Waals surface area contributed by atoms with E-state index in [1.807, 2.05) is 47.4 Å². The van der Waals surface area contributed by atoms with Crippen molar-refractivity contribution in [3.05, 3.63) is 60.4 Å². The molecule has 0 spiro atoms. The van der Waals surface area contributed by atoms with Gasteiger partial charge in [-0.3, -0.25) is 19.6 Å². The largest absolute Gasteiger partial charge is 0.368 e. The number of pyridine rings is 1. The lowest BCUT2D eigenvalue weighted by atomic mass is 10.0. The summed E-state index contributed by atoms with van der Waals surface area (Å²) in [7, 11) is 0. The normalized spacial score (nSPS) is 22.0. The van der Waals surface area contributed by atoms with Gasteiger partial charge in [0.15, 0.2) is 0 Å². The van der Waals surface area contributed by atoms with Gasteiger partial charge in [0.2, 0.25) is 5.91 Å². The minimum absolute atomic E-state index is 0.0148. The number of carbonyl (C=O) groups excluding carboxylic acids is 2. The Balaban J connectivity index is 1.60. The van der Waals surface area contributed by atoms with E-state index in [1.165, 1.54) is 0 Å². The summed E-state index contributed by atoms with van der Waals surface area (Å²) in [5.41, 5.74) is 7.77. The first kappa shape index (κ1) is 17.2. The number of nitrogens with two attached hydrogens (primary N) is 1. The third-order valence-corrected chi connectivity index (χ3v) is 5.11. The van der Waals surface area contributed by atoms with Gasteiger partial charge in [0, 0.05) is 25.4 Å². The van der Waals surface area contributed by atoms with Crippen molar-refractivity contribution in [3.63, 3.8) is 0 Å². The van der Waals surface area contributed by atoms with Gasteiger partial charge in [0.25, 0.3) is 5.91 Å². The van der Waals surface area contributed by atoms with E-state index < -0.39 is 11.9 Å². The lowest BCUT2D eigenvalue weighted by Gasteiger charge is -2.24. The molecule has 1 saturated heterocycles. The van der Waals surface area contributed by atoms with Crippen molar-refractivity contribution in [1.29, 1.82) is 0 Å². The smallest absolute Gasteiger partial charge is 0.270 e. The zero-order chi connectivity index (χ0) is 18.8. The highest BCUT2D eigenvalue weighted by Gasteiger charge is 2.39. The standard InChI is InChI=1S/C20H21N5O2/c21-19(26)18-13-16(23-25(18)15-5-2-1-3-6-15)20(27)24-12-4-7-17(24)14-8-10-22-11-9-14/h1-3,5-6,8-11,17-18H,4,7,12-13H2,(H2,21,26)/t17-,18-/m0/s1. The number of likely N-dealkylation sites (tertiary alicyclic amines) is 1. The molecule has 1 aromatic heterocycles. The Morgan fingerprint density at radius 1 is 1.07 bits per heavy atom. The average molecular weight is 363 g/mol. The van der Waals surface area contributed by atoms with Crippen LogP contribution >= 0.6 is 0 Å². The molecule has 0 aliphatic carbocycles. The van der Waals surface area contributed by atoms with E-state index in [0.717, 1.165) is 24.1 Å². The maximum absolute atomic E-state index is 13.2. The second-order valence-corrected chi connectivity index (χ2v) is 6.79. The minimum Gasteiger partial charge on any atom is -0.368 e. The molecule has 0 bridgehead atoms. The summed E-state index contributed by atoms with van der Waals surface area (Å²) >= 11 is 0. The summed E-state index contributed by atoms with van der Waals surface area (Å²) in [6, 6.07) is 12.6. The Kier molecular flexibility index (Phi) is 4.58. The predicted octanol–water partition coefficient (Wildman–Crippen LogP) is 1.87. The molecule has 2 aromatic rings. The van der Waals surface area contributed by atoms with Crippen LogP contribution in [-0.2, 0) is 9.59 Å². The van der Waals surface area contributed by atoms with Crippen LogP contribution in [0, 0.1) is 0 Å². The molecule has 0 unspecified atom stereocenters. The fourth-order valence-electron chi connectivity index (χ4n) is 3.79. The number of benzene rings is 1. The van der Waals surface area contributed by atoms with Crippen LogP contribution in [0.2, 0.25) is 0 Å². The summed E-state index contributed by atoms with van der Waals surface area (Å²) in [4.78, 5) is 31.0. The summed E-state index contributed by atoms with van der Waals surface area (Å²) in [6.07, 6.45) is 5.55. The van der Waals surface area contributed by atoms with E-state index in [9.17, 15) is 9.59 Å². The third kappa shape index (κ3) is 3.28. The molecular formula is C20H21N5O2. The van der Waals surface area contributed by atoms with Gasteiger partial charge in [0.1, 0.15) is 11.8 Å². The van der Waals surface area contributed by atoms with Gasteiger partial charge in [-0.2, -0.15) is 5.10 Å². The van der Waals surface area contributed by atoms with Crippen LogP contribution in [0.25, 0.3) is 0 Å². The molecule has 4 rings (SSSR count). The number of para-hydroxylation sites is 1. The van der Waals surface area contributed by atoms with Crippen LogP contribution < -0.4 is 10.7 Å². The highest BCUT2D eigenvalue weighted by atomic mass is 16.2. The van der Waals surface area contributed by atoms with Crippen LogP contribution in [0.15, 0.2) is 60.0 Å². The minimum atomic E-state index is -0.645. The van der Waals surface area contributed by atoms with E-state index in [1.54, 1.807) is 17.4 Å². The van der Waals surface area contributed by atoms with Gasteiger partial charge in [-0.15, -0.1) is 0 Å². The lowest BCUT2D eigenvalue weighted by molar-refractivity contribution is -0.125. The third-order valence-electron chi connectivity index (χ3n) is 5.11. The van der Waals surface area contributed by atoms with Crippen molar-refractivity contribution in [2.45, 2.75) is 31.3 Å². The molecule has 7 nitrogen and oxygen atoms in total. The van der Waals surface area contributed by atoms with Crippen molar-refractivity contribution in [2.75, 3.05) is 11.6 Å². The highest BCUT2D eigenvalue weighted by Crippen LogP contribution is 2.33. The zero-order valence-corrected chi connectivity index (χ0v) is 14.9. The molecule has 2 N–H and O–H groups in total. The second kappa shape index (κ2) is 7.19. The number of nitrogens with zero attached hydrogens (tertiary/aromatic N) is 4. The maximum atomic E-state index is 13.2. The van der Waals surface area contributed by atoms with Gasteiger partial charge in [0.05, 0.1) is 11.7 Å². The van der Waals surface area contributed by atoms with Gasteiger partial charge in [-0.25, -0.2) is 0 Å². The molecule has 138 valence electrons. The van der Waals surface area contributed by atoms with Crippen LogP contribution in [-0.4, -0.2) is 40.0 Å². The SMILES string of the molecule is NC(=O)[C@@H]1CC(C(=O)N2CCC[C@H]2c2ccncc2)=NN1c1ccccc1. The predicted molar refractivity (Wildman–Crippen MR) is 102 cm³/mol. The molecule has 2 atom stereocenters. The molecule has 27 heavy (non-hydrogen) atoms. The van der Waals surface area contributed by atoms with Crippen LogP contribution in [0.3, 0.4) is 0 Å². The Labute approximate surface area is 157 Å². The molecule has 0 saturated carbocycles. The molecule has 1 fully saturated rings. The maximum Gasteiger partial charge on any atom is 0.270 e. The van der Waals surface area contributed by atoms with Crippen molar-refractivity contribution < 1.29 is 9.59 Å². The summed E-state index contributed by atoms with van der Waals surface area (Å²) in [5, 5.41) is 6.04. The van der Waals surface area contributed by atoms with Crippen molar-refractivity contribution in [2.24, 2.45) is 10.8 Å². The monoisotopic (exact) mass is 363 g/mol. The molecule has 2 aliphatic heterocycles. The zero-order valence-electron chi connectivity index (χ0n) is 14.9. The Morgan fingerprint density at radius 3 is 2.52 bits per heavy atom. The van der Waals surface area contributed by atoms with E-state index >= 15 is 0 Å². The summed E-state index contributed by atoms with van der Waals surface area (Å²) < 4.78 is 0. The molecule has 1 aromatic carbocycles. The molecular weight excluding hydrogens is 342 g/mol. The number of hydrogen-bond donors (Lipinski definition) is 1. The van der Waals surface area contributed by atoms with E-state index in [0.29, 0.717) is 12.3 Å². The number of carbonyl (C=O) groups is 2. The van der Waals surface area contributed by atoms with Gasteiger partial charge < -0.3 is 10.6 Å². The van der Waals surface area contributed by atoms with E-state index in [-0.39, 0.29) is 18.4 Å².